The largest absolute Gasteiger partial charge is 0.388 e. The van der Waals surface area contributed by atoms with Crippen LogP contribution in [0.5, 0.6) is 0 Å². The third-order valence-electron chi connectivity index (χ3n) is 2.71. The van der Waals surface area contributed by atoms with E-state index in [1.54, 1.807) is 17.3 Å². The van der Waals surface area contributed by atoms with Crippen LogP contribution >= 0.6 is 0 Å². The Morgan fingerprint density at radius 2 is 2.14 bits per heavy atom. The average Bonchev–Trinajstić information content (AvgIpc) is 2.52. The van der Waals surface area contributed by atoms with E-state index in [4.69, 9.17) is 0 Å². The number of hydrogen-bond acceptors (Lipinski definition) is 2. The fourth-order valence-electron chi connectivity index (χ4n) is 1.95. The summed E-state index contributed by atoms with van der Waals surface area (Å²) in [5.41, 5.74) is 3.21. The Balaban J connectivity index is 2.48. The Bertz CT molecular complexity index is 218. The van der Waals surface area contributed by atoms with Crippen LogP contribution in [0.1, 0.15) is 26.2 Å². The number of hydrogen-bond donors (Lipinski definition) is 1. The highest BCUT2D eigenvalue weighted by Crippen LogP contribution is 2.20. The lowest BCUT2D eigenvalue weighted by Gasteiger charge is -2.06. The average molecular weight is 194 g/mol. The first-order chi connectivity index (χ1) is 6.77. The molecule has 0 atom stereocenters. The van der Waals surface area contributed by atoms with Gasteiger partial charge in [0.25, 0.3) is 0 Å². The Kier molecular flexibility index (Phi) is 4.74. The maximum absolute atomic E-state index is 3.68. The van der Waals surface area contributed by atoms with Crippen LogP contribution in [0.15, 0.2) is 23.9 Å². The Morgan fingerprint density at radius 3 is 2.79 bits per heavy atom. The van der Waals surface area contributed by atoms with Gasteiger partial charge in [-0.1, -0.05) is 25.5 Å². The van der Waals surface area contributed by atoms with Crippen molar-refractivity contribution in [3.05, 3.63) is 23.9 Å². The maximum Gasteiger partial charge on any atom is 0.0370 e. The first kappa shape index (κ1) is 11.3. The van der Waals surface area contributed by atoms with Gasteiger partial charge >= 0.3 is 0 Å². The van der Waals surface area contributed by atoms with Gasteiger partial charge < -0.3 is 5.32 Å². The monoisotopic (exact) mass is 194 g/mol. The van der Waals surface area contributed by atoms with E-state index in [2.05, 4.69) is 30.8 Å². The highest BCUT2D eigenvalue weighted by Gasteiger charge is 2.17. The molecular formula is C12H22N2. The predicted octanol–water partition coefficient (Wildman–Crippen LogP) is 2.15. The molecular weight excluding hydrogens is 172 g/mol. The summed E-state index contributed by atoms with van der Waals surface area (Å²) in [6.45, 7) is 9.20. The van der Waals surface area contributed by atoms with Crippen LogP contribution in [-0.4, -0.2) is 31.6 Å². The summed E-state index contributed by atoms with van der Waals surface area (Å²) >= 11 is 0. The fraction of sp³-hybridized carbons (Fsp3) is 0.667. The summed E-state index contributed by atoms with van der Waals surface area (Å²) in [6, 6.07) is 0. The van der Waals surface area contributed by atoms with Crippen LogP contribution < -0.4 is 5.32 Å². The van der Waals surface area contributed by atoms with Gasteiger partial charge in [-0.2, -0.15) is 0 Å². The molecule has 0 spiro atoms. The molecule has 0 saturated heterocycles. The van der Waals surface area contributed by atoms with Crippen molar-refractivity contribution < 1.29 is 0 Å². The minimum absolute atomic E-state index is 0.979. The zero-order chi connectivity index (χ0) is 10.4. The zero-order valence-electron chi connectivity index (χ0n) is 9.47. The summed E-state index contributed by atoms with van der Waals surface area (Å²) in [6.07, 6.45) is 5.66. The van der Waals surface area contributed by atoms with Gasteiger partial charge in [0.05, 0.1) is 0 Å². The highest BCUT2D eigenvalue weighted by molar-refractivity contribution is 5.24. The van der Waals surface area contributed by atoms with Crippen molar-refractivity contribution in [2.75, 3.05) is 26.7 Å². The van der Waals surface area contributed by atoms with Gasteiger partial charge in [-0.15, -0.1) is 0 Å². The standard InChI is InChI=1S/C12H22N2/c1-4-6-7-11-9-14(3)10-12(11)8-13-5-2/h5,13H,2,4,6-10H2,1,3H3. The number of likely N-dealkylation sites (N-methyl/N-ethyl adjacent to an activating group) is 1. The van der Waals surface area contributed by atoms with Crippen molar-refractivity contribution in [2.24, 2.45) is 0 Å². The topological polar surface area (TPSA) is 15.3 Å². The summed E-state index contributed by atoms with van der Waals surface area (Å²) in [5.74, 6) is 0. The minimum atomic E-state index is 0.979. The van der Waals surface area contributed by atoms with Crippen LogP contribution in [-0.2, 0) is 0 Å². The second kappa shape index (κ2) is 5.86. The summed E-state index contributed by atoms with van der Waals surface area (Å²) in [7, 11) is 2.19. The summed E-state index contributed by atoms with van der Waals surface area (Å²) in [5, 5.41) is 3.20. The minimum Gasteiger partial charge on any atom is -0.388 e. The lowest BCUT2D eigenvalue weighted by Crippen LogP contribution is -2.17. The predicted molar refractivity (Wildman–Crippen MR) is 62.2 cm³/mol. The van der Waals surface area contributed by atoms with E-state index in [1.807, 2.05) is 0 Å². The molecule has 1 rings (SSSR count). The highest BCUT2D eigenvalue weighted by atomic mass is 15.1. The van der Waals surface area contributed by atoms with Crippen LogP contribution in [0.4, 0.5) is 0 Å². The molecule has 0 radical (unpaired) electrons. The number of nitrogens with one attached hydrogen (secondary N) is 1. The van der Waals surface area contributed by atoms with Gasteiger partial charge in [-0.3, -0.25) is 4.90 Å². The van der Waals surface area contributed by atoms with Crippen molar-refractivity contribution in [3.63, 3.8) is 0 Å². The molecule has 14 heavy (non-hydrogen) atoms. The first-order valence-electron chi connectivity index (χ1n) is 5.50. The normalized spacial score (nSPS) is 17.6. The molecule has 0 aliphatic carbocycles. The van der Waals surface area contributed by atoms with E-state index < -0.39 is 0 Å². The molecule has 1 aliphatic heterocycles. The second-order valence-electron chi connectivity index (χ2n) is 4.07. The van der Waals surface area contributed by atoms with Gasteiger partial charge in [-0.05, 0) is 31.7 Å². The lowest BCUT2D eigenvalue weighted by molar-refractivity contribution is 0.419. The molecule has 0 aromatic heterocycles. The first-order valence-corrected chi connectivity index (χ1v) is 5.50. The molecule has 0 bridgehead atoms. The molecule has 2 nitrogen and oxygen atoms in total. The zero-order valence-corrected chi connectivity index (χ0v) is 9.47. The van der Waals surface area contributed by atoms with Gasteiger partial charge in [0.1, 0.15) is 0 Å². The number of unbranched alkanes of at least 4 members (excludes halogenated alkanes) is 1. The summed E-state index contributed by atoms with van der Waals surface area (Å²) < 4.78 is 0. The Morgan fingerprint density at radius 1 is 1.43 bits per heavy atom. The number of rotatable bonds is 6. The quantitative estimate of drug-likeness (QED) is 0.652. The molecule has 1 heterocycles. The lowest BCUT2D eigenvalue weighted by atomic mass is 10.1. The van der Waals surface area contributed by atoms with Crippen molar-refractivity contribution in [3.8, 4) is 0 Å². The van der Waals surface area contributed by atoms with Crippen LogP contribution in [0.2, 0.25) is 0 Å². The maximum atomic E-state index is 3.68. The number of nitrogens with zero attached hydrogens (tertiary/aromatic N) is 1. The van der Waals surface area contributed by atoms with Crippen molar-refractivity contribution >= 4 is 0 Å². The van der Waals surface area contributed by atoms with E-state index in [0.717, 1.165) is 19.6 Å². The van der Waals surface area contributed by atoms with Crippen molar-refractivity contribution in [1.29, 1.82) is 0 Å². The third kappa shape index (κ3) is 3.18. The third-order valence-corrected chi connectivity index (χ3v) is 2.71. The van der Waals surface area contributed by atoms with E-state index in [-0.39, 0.29) is 0 Å². The van der Waals surface area contributed by atoms with Crippen molar-refractivity contribution in [2.45, 2.75) is 26.2 Å². The van der Waals surface area contributed by atoms with Gasteiger partial charge in [0.2, 0.25) is 0 Å². The summed E-state index contributed by atoms with van der Waals surface area (Å²) in [4.78, 5) is 2.38. The van der Waals surface area contributed by atoms with Gasteiger partial charge in [0.15, 0.2) is 0 Å². The van der Waals surface area contributed by atoms with E-state index >= 15 is 0 Å². The van der Waals surface area contributed by atoms with E-state index in [1.165, 1.54) is 19.3 Å². The molecule has 1 N–H and O–H groups in total. The van der Waals surface area contributed by atoms with Crippen molar-refractivity contribution in [1.82, 2.24) is 10.2 Å². The van der Waals surface area contributed by atoms with Crippen LogP contribution in [0.25, 0.3) is 0 Å². The molecule has 2 heteroatoms. The SMILES string of the molecule is C=CNCC1=C(CCCC)CN(C)C1. The Hall–Kier alpha value is -0.760. The molecule has 0 unspecified atom stereocenters. The van der Waals surface area contributed by atoms with Crippen LogP contribution in [0, 0.1) is 0 Å². The van der Waals surface area contributed by atoms with E-state index in [0.29, 0.717) is 0 Å². The van der Waals surface area contributed by atoms with Gasteiger partial charge in [-0.25, -0.2) is 0 Å². The second-order valence-corrected chi connectivity index (χ2v) is 4.07. The van der Waals surface area contributed by atoms with Crippen LogP contribution in [0.3, 0.4) is 0 Å². The van der Waals surface area contributed by atoms with Gasteiger partial charge in [0, 0.05) is 19.6 Å². The Labute approximate surface area is 87.7 Å². The molecule has 0 aromatic rings. The molecule has 80 valence electrons. The molecule has 0 fully saturated rings. The molecule has 0 amide bonds. The fourth-order valence-corrected chi connectivity index (χ4v) is 1.95. The van der Waals surface area contributed by atoms with E-state index in [9.17, 15) is 0 Å². The smallest absolute Gasteiger partial charge is 0.0370 e. The molecule has 0 aromatic carbocycles. The molecule has 0 saturated carbocycles. The molecule has 1 aliphatic rings.